The maximum Gasteiger partial charge on any atom is 0.223 e. The van der Waals surface area contributed by atoms with Gasteiger partial charge in [0.15, 0.2) is 0 Å². The van der Waals surface area contributed by atoms with Crippen molar-refractivity contribution in [2.45, 2.75) is 44.7 Å². The van der Waals surface area contributed by atoms with Crippen LogP contribution in [0.1, 0.15) is 55.0 Å². The zero-order valence-electron chi connectivity index (χ0n) is 14.5. The van der Waals surface area contributed by atoms with Crippen LogP contribution in [-0.4, -0.2) is 22.5 Å². The van der Waals surface area contributed by atoms with E-state index in [1.807, 2.05) is 23.1 Å². The second kappa shape index (κ2) is 6.43. The van der Waals surface area contributed by atoms with E-state index >= 15 is 0 Å². The highest BCUT2D eigenvalue weighted by molar-refractivity contribution is 5.79. The summed E-state index contributed by atoms with van der Waals surface area (Å²) >= 11 is 0. The Bertz CT molecular complexity index is 802. The van der Waals surface area contributed by atoms with Gasteiger partial charge in [0.25, 0.3) is 0 Å². The zero-order chi connectivity index (χ0) is 17.4. The van der Waals surface area contributed by atoms with Crippen molar-refractivity contribution in [2.24, 2.45) is 0 Å². The van der Waals surface area contributed by atoms with Crippen LogP contribution in [0.25, 0.3) is 0 Å². The number of likely N-dealkylation sites (tertiary alicyclic amines) is 1. The Morgan fingerprint density at radius 2 is 2.04 bits per heavy atom. The molecule has 1 saturated heterocycles. The normalized spacial score (nSPS) is 22.6. The third-order valence-electron chi connectivity index (χ3n) is 5.47. The van der Waals surface area contributed by atoms with Gasteiger partial charge in [-0.3, -0.25) is 4.79 Å². The van der Waals surface area contributed by atoms with Gasteiger partial charge in [0, 0.05) is 24.2 Å². The predicted molar refractivity (Wildman–Crippen MR) is 98.6 cm³/mol. The van der Waals surface area contributed by atoms with Gasteiger partial charge in [-0.15, -0.1) is 0 Å². The summed E-state index contributed by atoms with van der Waals surface area (Å²) in [6.07, 6.45) is 3.35. The molecule has 0 radical (unpaired) electrons. The topological polar surface area (TPSA) is 52.6 Å². The van der Waals surface area contributed by atoms with Crippen LogP contribution in [0.5, 0.6) is 5.75 Å². The SMILES string of the molecule is CCc1ccc2c(c1)C(N1CCCC1=O)CC(c1ccccc1O)N2. The summed E-state index contributed by atoms with van der Waals surface area (Å²) in [6, 6.07) is 14.0. The van der Waals surface area contributed by atoms with Gasteiger partial charge in [0.1, 0.15) is 5.75 Å². The fourth-order valence-electron chi connectivity index (χ4n) is 4.12. The van der Waals surface area contributed by atoms with Gasteiger partial charge in [0.05, 0.1) is 12.1 Å². The van der Waals surface area contributed by atoms with Crippen molar-refractivity contribution in [1.82, 2.24) is 4.90 Å². The minimum absolute atomic E-state index is 0.000392. The maximum atomic E-state index is 12.4. The number of anilines is 1. The van der Waals surface area contributed by atoms with Gasteiger partial charge in [-0.05, 0) is 42.5 Å². The molecule has 0 spiro atoms. The molecule has 0 aromatic heterocycles. The molecule has 0 aliphatic carbocycles. The Morgan fingerprint density at radius 1 is 1.20 bits per heavy atom. The summed E-state index contributed by atoms with van der Waals surface area (Å²) in [4.78, 5) is 14.4. The van der Waals surface area contributed by atoms with Gasteiger partial charge in [0.2, 0.25) is 5.91 Å². The molecule has 4 rings (SSSR count). The van der Waals surface area contributed by atoms with Gasteiger partial charge < -0.3 is 15.3 Å². The number of phenolic OH excluding ortho intramolecular Hbond substituents is 1. The van der Waals surface area contributed by atoms with Crippen LogP contribution in [-0.2, 0) is 11.2 Å². The number of aryl methyl sites for hydroxylation is 1. The van der Waals surface area contributed by atoms with Crippen LogP contribution in [0.3, 0.4) is 0 Å². The Labute approximate surface area is 148 Å². The van der Waals surface area contributed by atoms with Crippen LogP contribution in [0.15, 0.2) is 42.5 Å². The molecule has 0 bridgehead atoms. The Kier molecular flexibility index (Phi) is 4.12. The summed E-state index contributed by atoms with van der Waals surface area (Å²) in [5, 5.41) is 13.9. The molecule has 1 fully saturated rings. The first kappa shape index (κ1) is 16.0. The van der Waals surface area contributed by atoms with Gasteiger partial charge in [-0.25, -0.2) is 0 Å². The summed E-state index contributed by atoms with van der Waals surface area (Å²) in [6.45, 7) is 2.98. The molecule has 2 N–H and O–H groups in total. The van der Waals surface area contributed by atoms with Gasteiger partial charge in [-0.1, -0.05) is 37.3 Å². The molecule has 25 heavy (non-hydrogen) atoms. The van der Waals surface area contributed by atoms with Crippen molar-refractivity contribution in [1.29, 1.82) is 0 Å². The number of nitrogens with one attached hydrogen (secondary N) is 1. The van der Waals surface area contributed by atoms with Crippen LogP contribution in [0, 0.1) is 0 Å². The molecule has 4 nitrogen and oxygen atoms in total. The highest BCUT2D eigenvalue weighted by Crippen LogP contribution is 2.45. The van der Waals surface area contributed by atoms with E-state index in [-0.39, 0.29) is 18.0 Å². The molecule has 1 amide bonds. The smallest absolute Gasteiger partial charge is 0.223 e. The molecule has 2 aliphatic rings. The number of aromatic hydroxyl groups is 1. The van der Waals surface area contributed by atoms with Crippen LogP contribution in [0.4, 0.5) is 5.69 Å². The van der Waals surface area contributed by atoms with Crippen molar-refractivity contribution in [3.63, 3.8) is 0 Å². The Balaban J connectivity index is 1.76. The second-order valence-corrected chi connectivity index (χ2v) is 6.97. The number of phenols is 1. The lowest BCUT2D eigenvalue weighted by atomic mass is 9.87. The molecular weight excluding hydrogens is 312 g/mol. The Hall–Kier alpha value is -2.49. The van der Waals surface area contributed by atoms with Crippen molar-refractivity contribution < 1.29 is 9.90 Å². The number of nitrogens with zero attached hydrogens (tertiary/aromatic N) is 1. The largest absolute Gasteiger partial charge is 0.508 e. The second-order valence-electron chi connectivity index (χ2n) is 6.97. The van der Waals surface area contributed by atoms with Crippen LogP contribution < -0.4 is 5.32 Å². The third-order valence-corrected chi connectivity index (χ3v) is 5.47. The molecule has 2 aromatic rings. The maximum absolute atomic E-state index is 12.4. The number of amides is 1. The standard InChI is InChI=1S/C21H24N2O2/c1-2-14-9-10-17-16(12-14)19(23-11-5-8-21(23)25)13-18(22-17)15-6-3-4-7-20(15)24/h3-4,6-7,9-10,12,18-19,22,24H,2,5,8,11,13H2,1H3. The van der Waals surface area contributed by atoms with E-state index in [1.165, 1.54) is 11.1 Å². The Morgan fingerprint density at radius 3 is 2.76 bits per heavy atom. The molecule has 2 heterocycles. The molecule has 0 saturated carbocycles. The molecule has 4 heteroatoms. The number of hydrogen-bond acceptors (Lipinski definition) is 3. The number of fused-ring (bicyclic) bond motifs is 1. The van der Waals surface area contributed by atoms with E-state index in [0.29, 0.717) is 12.2 Å². The number of rotatable bonds is 3. The van der Waals surface area contributed by atoms with Crippen molar-refractivity contribution in [2.75, 3.05) is 11.9 Å². The third kappa shape index (κ3) is 2.86. The first-order valence-corrected chi connectivity index (χ1v) is 9.14. The predicted octanol–water partition coefficient (Wildman–Crippen LogP) is 4.18. The minimum Gasteiger partial charge on any atom is -0.508 e. The molecule has 2 aromatic carbocycles. The average molecular weight is 336 g/mol. The van der Waals surface area contributed by atoms with Crippen molar-refractivity contribution in [3.8, 4) is 5.75 Å². The summed E-state index contributed by atoms with van der Waals surface area (Å²) < 4.78 is 0. The number of carbonyl (C=O) groups excluding carboxylic acids is 1. The minimum atomic E-state index is -0.000392. The van der Waals surface area contributed by atoms with Gasteiger partial charge in [-0.2, -0.15) is 0 Å². The summed E-state index contributed by atoms with van der Waals surface area (Å²) in [5.74, 6) is 0.552. The lowest BCUT2D eigenvalue weighted by Crippen LogP contribution is -2.35. The van der Waals surface area contributed by atoms with E-state index in [2.05, 4.69) is 30.4 Å². The number of carbonyl (C=O) groups is 1. The zero-order valence-corrected chi connectivity index (χ0v) is 14.5. The average Bonchev–Trinajstić information content (AvgIpc) is 3.06. The highest BCUT2D eigenvalue weighted by atomic mass is 16.3. The molecule has 130 valence electrons. The van der Waals surface area contributed by atoms with E-state index in [9.17, 15) is 9.90 Å². The van der Waals surface area contributed by atoms with Crippen molar-refractivity contribution in [3.05, 3.63) is 59.2 Å². The fourth-order valence-corrected chi connectivity index (χ4v) is 4.12. The molecule has 2 aliphatic heterocycles. The summed E-state index contributed by atoms with van der Waals surface area (Å²) in [7, 11) is 0. The first-order valence-electron chi connectivity index (χ1n) is 9.14. The molecule has 2 atom stereocenters. The molecule has 2 unspecified atom stereocenters. The van der Waals surface area contributed by atoms with E-state index in [4.69, 9.17) is 0 Å². The lowest BCUT2D eigenvalue weighted by molar-refractivity contribution is -0.130. The highest BCUT2D eigenvalue weighted by Gasteiger charge is 2.36. The quantitative estimate of drug-likeness (QED) is 0.884. The summed E-state index contributed by atoms with van der Waals surface area (Å²) in [5.41, 5.74) is 4.46. The monoisotopic (exact) mass is 336 g/mol. The van der Waals surface area contributed by atoms with Crippen LogP contribution in [0.2, 0.25) is 0 Å². The van der Waals surface area contributed by atoms with Crippen LogP contribution >= 0.6 is 0 Å². The van der Waals surface area contributed by atoms with E-state index in [1.54, 1.807) is 6.07 Å². The first-order chi connectivity index (χ1) is 12.2. The fraction of sp³-hybridized carbons (Fsp3) is 0.381. The van der Waals surface area contributed by atoms with Gasteiger partial charge >= 0.3 is 0 Å². The van der Waals surface area contributed by atoms with Crippen molar-refractivity contribution >= 4 is 11.6 Å². The van der Waals surface area contributed by atoms with E-state index in [0.717, 1.165) is 37.1 Å². The number of benzene rings is 2. The molecular formula is C21H24N2O2. The van der Waals surface area contributed by atoms with E-state index < -0.39 is 0 Å². The number of para-hydroxylation sites is 1. The number of hydrogen-bond donors (Lipinski definition) is 2. The lowest BCUT2D eigenvalue weighted by Gasteiger charge is -2.38.